The summed E-state index contributed by atoms with van der Waals surface area (Å²) in [5.41, 5.74) is 2.08. The molecule has 2 aromatic rings. The Morgan fingerprint density at radius 1 is 0.750 bits per heavy atom. The van der Waals surface area contributed by atoms with Crippen LogP contribution in [0.1, 0.15) is 24.0 Å². The quantitative estimate of drug-likeness (QED) is 0.462. The van der Waals surface area contributed by atoms with Gasteiger partial charge >= 0.3 is 11.9 Å². The van der Waals surface area contributed by atoms with Crippen molar-refractivity contribution in [2.24, 2.45) is 0 Å². The predicted octanol–water partition coefficient (Wildman–Crippen LogP) is 1.75. The summed E-state index contributed by atoms with van der Waals surface area (Å²) in [6.07, 6.45) is 9.05. The van der Waals surface area contributed by atoms with E-state index in [9.17, 15) is 9.59 Å². The van der Waals surface area contributed by atoms with Gasteiger partial charge in [-0.2, -0.15) is 0 Å². The molecule has 32 heavy (non-hydrogen) atoms. The number of aryl methyl sites for hydroxylation is 2. The predicted molar refractivity (Wildman–Crippen MR) is 120 cm³/mol. The summed E-state index contributed by atoms with van der Waals surface area (Å²) < 4.78 is 10.7. The second-order valence-electron chi connectivity index (χ2n) is 7.85. The van der Waals surface area contributed by atoms with Crippen LogP contribution in [0.25, 0.3) is 0 Å². The molecule has 0 aromatic carbocycles. The lowest BCUT2D eigenvalue weighted by atomic mass is 10.2. The zero-order valence-corrected chi connectivity index (χ0v) is 18.5. The lowest BCUT2D eigenvalue weighted by Gasteiger charge is -2.34. The van der Waals surface area contributed by atoms with Crippen LogP contribution in [0.3, 0.4) is 0 Å². The highest BCUT2D eigenvalue weighted by Crippen LogP contribution is 2.05. The van der Waals surface area contributed by atoms with Gasteiger partial charge in [-0.15, -0.1) is 0 Å². The Kier molecular flexibility index (Phi) is 10.1. The fourth-order valence-electron chi connectivity index (χ4n) is 3.54. The van der Waals surface area contributed by atoms with Crippen LogP contribution < -0.4 is 0 Å². The van der Waals surface area contributed by atoms with Crippen LogP contribution >= 0.6 is 0 Å². The molecule has 0 saturated carbocycles. The van der Waals surface area contributed by atoms with Gasteiger partial charge in [-0.05, 0) is 36.1 Å². The first-order valence-corrected chi connectivity index (χ1v) is 11.2. The molecule has 0 N–H and O–H groups in total. The highest BCUT2D eigenvalue weighted by Gasteiger charge is 2.17. The van der Waals surface area contributed by atoms with Crippen molar-refractivity contribution in [3.63, 3.8) is 0 Å². The van der Waals surface area contributed by atoms with Crippen molar-refractivity contribution in [1.29, 1.82) is 0 Å². The molecule has 172 valence electrons. The monoisotopic (exact) mass is 440 g/mol. The van der Waals surface area contributed by atoms with E-state index in [0.717, 1.165) is 50.4 Å². The summed E-state index contributed by atoms with van der Waals surface area (Å²) in [5, 5.41) is 0. The van der Waals surface area contributed by atoms with Gasteiger partial charge in [0.1, 0.15) is 13.2 Å². The fourth-order valence-corrected chi connectivity index (χ4v) is 3.54. The Balaban J connectivity index is 1.18. The van der Waals surface area contributed by atoms with Gasteiger partial charge in [-0.3, -0.25) is 29.4 Å². The van der Waals surface area contributed by atoms with Crippen LogP contribution in [-0.2, 0) is 31.9 Å². The number of piperazine rings is 1. The molecule has 3 rings (SSSR count). The van der Waals surface area contributed by atoms with E-state index in [1.54, 1.807) is 24.8 Å². The number of hydrogen-bond acceptors (Lipinski definition) is 8. The summed E-state index contributed by atoms with van der Waals surface area (Å²) >= 11 is 0. The smallest absolute Gasteiger partial charge is 0.306 e. The van der Waals surface area contributed by atoms with Crippen molar-refractivity contribution in [1.82, 2.24) is 19.8 Å². The SMILES string of the molecule is O=C(CCc1cccnc1)OCCN1CCN(CCOC(=O)CCc2cccnc2)CC1. The van der Waals surface area contributed by atoms with E-state index in [4.69, 9.17) is 9.47 Å². The lowest BCUT2D eigenvalue weighted by Crippen LogP contribution is -2.48. The number of nitrogens with zero attached hydrogens (tertiary/aromatic N) is 4. The molecule has 0 radical (unpaired) electrons. The van der Waals surface area contributed by atoms with E-state index in [1.165, 1.54) is 0 Å². The Morgan fingerprint density at radius 2 is 1.19 bits per heavy atom. The topological polar surface area (TPSA) is 84.9 Å². The molecule has 0 spiro atoms. The number of carbonyl (C=O) groups excluding carboxylic acids is 2. The molecule has 0 amide bonds. The lowest BCUT2D eigenvalue weighted by molar-refractivity contribution is -0.145. The Morgan fingerprint density at radius 3 is 1.56 bits per heavy atom. The molecule has 1 aliphatic heterocycles. The van der Waals surface area contributed by atoms with Crippen molar-refractivity contribution in [2.45, 2.75) is 25.7 Å². The van der Waals surface area contributed by atoms with Crippen molar-refractivity contribution < 1.29 is 19.1 Å². The number of aromatic nitrogens is 2. The minimum Gasteiger partial charge on any atom is -0.464 e. The zero-order chi connectivity index (χ0) is 22.4. The largest absolute Gasteiger partial charge is 0.464 e. The van der Waals surface area contributed by atoms with Crippen LogP contribution in [0.15, 0.2) is 49.1 Å². The van der Waals surface area contributed by atoms with E-state index >= 15 is 0 Å². The van der Waals surface area contributed by atoms with Crippen LogP contribution in [0, 0.1) is 0 Å². The third kappa shape index (κ3) is 9.11. The maximum Gasteiger partial charge on any atom is 0.306 e. The average Bonchev–Trinajstić information content (AvgIpc) is 2.84. The summed E-state index contributed by atoms with van der Waals surface area (Å²) in [6, 6.07) is 7.66. The van der Waals surface area contributed by atoms with Crippen LogP contribution in [0.4, 0.5) is 0 Å². The number of esters is 2. The van der Waals surface area contributed by atoms with Gasteiger partial charge in [0.25, 0.3) is 0 Å². The normalized spacial score (nSPS) is 14.8. The maximum atomic E-state index is 11.9. The third-order valence-electron chi connectivity index (χ3n) is 5.49. The zero-order valence-electron chi connectivity index (χ0n) is 18.5. The van der Waals surface area contributed by atoms with Gasteiger partial charge in [0, 0.05) is 76.9 Å². The molecule has 1 aliphatic rings. The number of pyridine rings is 2. The molecular formula is C24H32N4O4. The van der Waals surface area contributed by atoms with E-state index in [1.807, 2.05) is 24.3 Å². The third-order valence-corrected chi connectivity index (χ3v) is 5.49. The molecule has 3 heterocycles. The molecule has 0 aliphatic carbocycles. The van der Waals surface area contributed by atoms with Crippen molar-refractivity contribution in [3.8, 4) is 0 Å². The summed E-state index contributed by atoms with van der Waals surface area (Å²) in [4.78, 5) is 36.5. The molecule has 8 nitrogen and oxygen atoms in total. The highest BCUT2D eigenvalue weighted by atomic mass is 16.5. The number of ether oxygens (including phenoxy) is 2. The van der Waals surface area contributed by atoms with E-state index in [0.29, 0.717) is 38.9 Å². The van der Waals surface area contributed by atoms with Gasteiger partial charge < -0.3 is 9.47 Å². The molecule has 0 bridgehead atoms. The molecule has 8 heteroatoms. The summed E-state index contributed by atoms with van der Waals surface area (Å²) in [6.45, 7) is 6.00. The Hall–Kier alpha value is -2.84. The van der Waals surface area contributed by atoms with Crippen LogP contribution in [0.2, 0.25) is 0 Å². The summed E-state index contributed by atoms with van der Waals surface area (Å²) in [7, 11) is 0. The average molecular weight is 441 g/mol. The second-order valence-corrected chi connectivity index (χ2v) is 7.85. The first kappa shape index (κ1) is 23.8. The van der Waals surface area contributed by atoms with Crippen LogP contribution in [0.5, 0.6) is 0 Å². The van der Waals surface area contributed by atoms with Gasteiger partial charge in [-0.1, -0.05) is 12.1 Å². The van der Waals surface area contributed by atoms with Crippen molar-refractivity contribution in [2.75, 3.05) is 52.5 Å². The number of carbonyl (C=O) groups is 2. The Labute approximate surface area is 189 Å². The fraction of sp³-hybridized carbons (Fsp3) is 0.500. The maximum absolute atomic E-state index is 11.9. The Bertz CT molecular complexity index is 742. The molecule has 0 unspecified atom stereocenters. The minimum absolute atomic E-state index is 0.169. The standard InChI is InChI=1S/C24H32N4O4/c29-23(7-5-21-3-1-9-25-19-21)31-17-15-27-11-13-28(14-12-27)16-18-32-24(30)8-6-22-4-2-10-26-20-22/h1-4,9-10,19-20H,5-8,11-18H2. The van der Waals surface area contributed by atoms with E-state index in [-0.39, 0.29) is 11.9 Å². The van der Waals surface area contributed by atoms with Gasteiger partial charge in [-0.25, -0.2) is 0 Å². The van der Waals surface area contributed by atoms with Crippen molar-refractivity contribution >= 4 is 11.9 Å². The number of hydrogen-bond donors (Lipinski definition) is 0. The molecule has 0 atom stereocenters. The first-order valence-electron chi connectivity index (χ1n) is 11.2. The van der Waals surface area contributed by atoms with E-state index < -0.39 is 0 Å². The molecule has 1 saturated heterocycles. The first-order chi connectivity index (χ1) is 15.7. The van der Waals surface area contributed by atoms with Crippen LogP contribution in [-0.4, -0.2) is 84.2 Å². The van der Waals surface area contributed by atoms with Gasteiger partial charge in [0.15, 0.2) is 0 Å². The minimum atomic E-state index is -0.169. The summed E-state index contributed by atoms with van der Waals surface area (Å²) in [5.74, 6) is -0.337. The molecule has 1 fully saturated rings. The second kappa shape index (κ2) is 13.5. The van der Waals surface area contributed by atoms with E-state index in [2.05, 4.69) is 19.8 Å². The highest BCUT2D eigenvalue weighted by molar-refractivity contribution is 5.70. The van der Waals surface area contributed by atoms with Crippen molar-refractivity contribution in [3.05, 3.63) is 60.2 Å². The van der Waals surface area contributed by atoms with Gasteiger partial charge in [0.2, 0.25) is 0 Å². The molecular weight excluding hydrogens is 408 g/mol. The van der Waals surface area contributed by atoms with Gasteiger partial charge in [0.05, 0.1) is 0 Å². The number of rotatable bonds is 12. The molecule has 2 aromatic heterocycles.